The smallest absolute Gasteiger partial charge is 0.204 e. The minimum atomic E-state index is -0.316. The molecule has 0 fully saturated rings. The topological polar surface area (TPSA) is 31.2 Å². The molecule has 4 heteroatoms. The van der Waals surface area contributed by atoms with Crippen LogP contribution >= 0.6 is 0 Å². The molecule has 1 aromatic heterocycles. The van der Waals surface area contributed by atoms with E-state index in [1.807, 2.05) is 0 Å². The number of Topliss-reactive ketones (excluding diaryl/α,β-unsaturated/α-hetero) is 1. The molecule has 94 valence electrons. The van der Waals surface area contributed by atoms with Gasteiger partial charge in [-0.2, -0.15) is 0 Å². The van der Waals surface area contributed by atoms with Gasteiger partial charge in [0.15, 0.2) is 0 Å². The van der Waals surface area contributed by atoms with Gasteiger partial charge in [-0.15, -0.1) is 0 Å². The molecule has 0 unspecified atom stereocenters. The van der Waals surface area contributed by atoms with Gasteiger partial charge in [-0.3, -0.25) is 4.79 Å². The van der Waals surface area contributed by atoms with Crippen LogP contribution in [-0.4, -0.2) is 17.0 Å². The van der Waals surface area contributed by atoms with Gasteiger partial charge in [0.2, 0.25) is 5.78 Å². The molecular weight excluding hydrogens is 233 g/mol. The summed E-state index contributed by atoms with van der Waals surface area (Å²) in [6.07, 6.45) is 1.80. The van der Waals surface area contributed by atoms with Crippen molar-refractivity contribution in [3.8, 4) is 0 Å². The Morgan fingerprint density at radius 1 is 1.28 bits per heavy atom. The average Bonchev–Trinajstić information content (AvgIpc) is 2.78. The highest BCUT2D eigenvalue weighted by Gasteiger charge is 2.09. The highest BCUT2D eigenvalue weighted by molar-refractivity contribution is 5.95. The van der Waals surface area contributed by atoms with Crippen molar-refractivity contribution in [1.29, 1.82) is 0 Å². The van der Waals surface area contributed by atoms with Crippen LogP contribution in [0.1, 0.15) is 16.1 Å². The summed E-state index contributed by atoms with van der Waals surface area (Å²) in [5, 5.41) is 0. The van der Waals surface area contributed by atoms with Gasteiger partial charge in [0.1, 0.15) is 12.4 Å². The van der Waals surface area contributed by atoms with Crippen LogP contribution in [0.25, 0.3) is 0 Å². The number of aromatic nitrogens is 1. The molecule has 2 rings (SSSR count). The third kappa shape index (κ3) is 2.84. The summed E-state index contributed by atoms with van der Waals surface area (Å²) in [5.41, 5.74) is 1.04. The number of rotatable bonds is 5. The number of carbonyl (C=O) groups is 1. The van der Waals surface area contributed by atoms with Crippen molar-refractivity contribution in [2.75, 3.05) is 6.61 Å². The van der Waals surface area contributed by atoms with E-state index in [1.54, 1.807) is 48.1 Å². The Kier molecular flexibility index (Phi) is 3.89. The number of ketones is 1. The van der Waals surface area contributed by atoms with Crippen molar-refractivity contribution in [3.63, 3.8) is 0 Å². The molecule has 0 amide bonds. The Bertz CT molecular complexity index is 548. The lowest BCUT2D eigenvalue weighted by atomic mass is 10.2. The maximum Gasteiger partial charge on any atom is 0.204 e. The first-order chi connectivity index (χ1) is 8.68. The molecule has 18 heavy (non-hydrogen) atoms. The Balaban J connectivity index is 1.88. The number of halogens is 1. The predicted octanol–water partition coefficient (Wildman–Crippen LogP) is 2.56. The van der Waals surface area contributed by atoms with E-state index >= 15 is 0 Å². The summed E-state index contributed by atoms with van der Waals surface area (Å²) in [7, 11) is 1.80. The molecule has 2 aromatic rings. The first kappa shape index (κ1) is 12.5. The van der Waals surface area contributed by atoms with Gasteiger partial charge < -0.3 is 9.30 Å². The summed E-state index contributed by atoms with van der Waals surface area (Å²) in [4.78, 5) is 11.8. The zero-order valence-electron chi connectivity index (χ0n) is 10.1. The summed E-state index contributed by atoms with van der Waals surface area (Å²) in [6.45, 7) is 0.0506. The maximum absolute atomic E-state index is 13.3. The molecule has 0 N–H and O–H groups in total. The zero-order valence-corrected chi connectivity index (χ0v) is 10.1. The van der Waals surface area contributed by atoms with E-state index in [0.717, 1.165) is 0 Å². The lowest BCUT2D eigenvalue weighted by Gasteiger charge is -2.05. The van der Waals surface area contributed by atoms with Crippen LogP contribution < -0.4 is 0 Å². The van der Waals surface area contributed by atoms with Crippen molar-refractivity contribution in [2.24, 2.45) is 7.05 Å². The van der Waals surface area contributed by atoms with E-state index in [9.17, 15) is 9.18 Å². The van der Waals surface area contributed by atoms with Crippen LogP contribution in [0.15, 0.2) is 42.6 Å². The van der Waals surface area contributed by atoms with Crippen molar-refractivity contribution in [1.82, 2.24) is 4.57 Å². The first-order valence-electron chi connectivity index (χ1n) is 5.64. The molecule has 0 bridgehead atoms. The van der Waals surface area contributed by atoms with Crippen molar-refractivity contribution in [2.45, 2.75) is 6.61 Å². The molecule has 1 heterocycles. The Morgan fingerprint density at radius 3 is 2.72 bits per heavy atom. The van der Waals surface area contributed by atoms with Crippen LogP contribution in [0.5, 0.6) is 0 Å². The number of nitrogens with zero attached hydrogens (tertiary/aromatic N) is 1. The molecule has 0 saturated carbocycles. The predicted molar refractivity (Wildman–Crippen MR) is 65.8 cm³/mol. The van der Waals surface area contributed by atoms with Gasteiger partial charge in [0.25, 0.3) is 0 Å². The lowest BCUT2D eigenvalue weighted by Crippen LogP contribution is -2.12. The van der Waals surface area contributed by atoms with Crippen molar-refractivity contribution < 1.29 is 13.9 Å². The molecule has 0 saturated heterocycles. The van der Waals surface area contributed by atoms with Gasteiger partial charge in [0.05, 0.1) is 12.3 Å². The molecule has 0 aliphatic carbocycles. The number of hydrogen-bond acceptors (Lipinski definition) is 2. The van der Waals surface area contributed by atoms with Gasteiger partial charge in [0, 0.05) is 18.8 Å². The second kappa shape index (κ2) is 5.60. The molecule has 0 aliphatic heterocycles. The molecular formula is C14H14FNO2. The highest BCUT2D eigenvalue weighted by Crippen LogP contribution is 2.08. The Hall–Kier alpha value is -1.94. The molecule has 3 nitrogen and oxygen atoms in total. The van der Waals surface area contributed by atoms with Crippen LogP contribution in [-0.2, 0) is 18.4 Å². The second-order valence-electron chi connectivity index (χ2n) is 4.01. The minimum absolute atomic E-state index is 0.0494. The second-order valence-corrected chi connectivity index (χ2v) is 4.01. The molecule has 0 radical (unpaired) electrons. The molecule has 0 aliphatic rings. The van der Waals surface area contributed by atoms with E-state index in [-0.39, 0.29) is 24.8 Å². The monoisotopic (exact) mass is 247 g/mol. The van der Waals surface area contributed by atoms with Crippen molar-refractivity contribution >= 4 is 5.78 Å². The van der Waals surface area contributed by atoms with Gasteiger partial charge in [-0.1, -0.05) is 18.2 Å². The number of benzene rings is 1. The zero-order chi connectivity index (χ0) is 13.0. The number of hydrogen-bond donors (Lipinski definition) is 0. The summed E-state index contributed by atoms with van der Waals surface area (Å²) in [6, 6.07) is 9.90. The molecule has 0 atom stereocenters. The fraction of sp³-hybridized carbons (Fsp3) is 0.214. The van der Waals surface area contributed by atoms with E-state index in [2.05, 4.69) is 0 Å². The van der Waals surface area contributed by atoms with E-state index in [4.69, 9.17) is 4.74 Å². The third-order valence-electron chi connectivity index (χ3n) is 2.68. The van der Waals surface area contributed by atoms with E-state index in [1.165, 1.54) is 6.07 Å². The Labute approximate surface area is 105 Å². The minimum Gasteiger partial charge on any atom is -0.368 e. The number of ether oxygens (including phenoxy) is 1. The van der Waals surface area contributed by atoms with Crippen LogP contribution in [0, 0.1) is 5.82 Å². The summed E-state index contributed by atoms with van der Waals surface area (Å²) in [5.74, 6) is -0.428. The maximum atomic E-state index is 13.3. The van der Waals surface area contributed by atoms with Gasteiger partial charge in [-0.25, -0.2) is 4.39 Å². The van der Waals surface area contributed by atoms with Crippen LogP contribution in [0.2, 0.25) is 0 Å². The number of aryl methyl sites for hydroxylation is 1. The lowest BCUT2D eigenvalue weighted by molar-refractivity contribution is 0.0713. The normalized spacial score (nSPS) is 10.6. The largest absolute Gasteiger partial charge is 0.368 e. The fourth-order valence-electron chi connectivity index (χ4n) is 1.69. The van der Waals surface area contributed by atoms with Crippen molar-refractivity contribution in [3.05, 3.63) is 59.7 Å². The Morgan fingerprint density at radius 2 is 2.06 bits per heavy atom. The summed E-state index contributed by atoms with van der Waals surface area (Å²) < 4.78 is 20.3. The summed E-state index contributed by atoms with van der Waals surface area (Å²) >= 11 is 0. The average molecular weight is 247 g/mol. The quantitative estimate of drug-likeness (QED) is 0.760. The molecule has 0 spiro atoms. The van der Waals surface area contributed by atoms with Gasteiger partial charge >= 0.3 is 0 Å². The SMILES string of the molecule is Cn1cccc1C(=O)COCc1ccccc1F. The van der Waals surface area contributed by atoms with E-state index < -0.39 is 0 Å². The number of carbonyl (C=O) groups excluding carboxylic acids is 1. The fourth-order valence-corrected chi connectivity index (χ4v) is 1.69. The molecule has 1 aromatic carbocycles. The standard InChI is InChI=1S/C14H14FNO2/c1-16-8-4-7-13(16)14(17)10-18-9-11-5-2-3-6-12(11)15/h2-8H,9-10H2,1H3. The van der Waals surface area contributed by atoms with Gasteiger partial charge in [-0.05, 0) is 18.2 Å². The van der Waals surface area contributed by atoms with E-state index in [0.29, 0.717) is 11.3 Å². The van der Waals surface area contributed by atoms with Crippen LogP contribution in [0.3, 0.4) is 0 Å². The third-order valence-corrected chi connectivity index (χ3v) is 2.68. The highest BCUT2D eigenvalue weighted by atomic mass is 19.1. The first-order valence-corrected chi connectivity index (χ1v) is 5.64. The van der Waals surface area contributed by atoms with Crippen LogP contribution in [0.4, 0.5) is 4.39 Å².